The molecule has 5 rings (SSSR count). The number of hydrogen-bond acceptors (Lipinski definition) is 17. The molecule has 4 bridgehead atoms. The fraction of sp³-hybridized carbons (Fsp3) is 0.536. The second kappa shape index (κ2) is 31.0. The van der Waals surface area contributed by atoms with Gasteiger partial charge >= 0.3 is 24.2 Å². The molecule has 460 valence electrons. The van der Waals surface area contributed by atoms with E-state index in [-0.39, 0.29) is 96.6 Å². The lowest BCUT2D eigenvalue weighted by Crippen LogP contribution is -2.64. The number of anilines is 3. The summed E-state index contributed by atoms with van der Waals surface area (Å²) in [6.07, 6.45) is -2.11. The maximum atomic E-state index is 14.3. The van der Waals surface area contributed by atoms with E-state index >= 15 is 0 Å². The number of nitrogens with zero attached hydrogens (tertiary/aromatic N) is 2. The summed E-state index contributed by atoms with van der Waals surface area (Å²) < 4.78 is 23.0. The van der Waals surface area contributed by atoms with Crippen molar-refractivity contribution in [2.45, 2.75) is 147 Å². The topological polar surface area (TPSA) is 362 Å². The first-order valence-electron chi connectivity index (χ1n) is 27.3. The largest absolute Gasteiger partial charge is 0.495 e. The third-order valence-electron chi connectivity index (χ3n) is 14.5. The third kappa shape index (κ3) is 18.8. The second-order valence-corrected chi connectivity index (χ2v) is 22.4. The molecule has 28 heteroatoms. The summed E-state index contributed by atoms with van der Waals surface area (Å²) in [5.74, 6) is -6.68. The van der Waals surface area contributed by atoms with Crippen molar-refractivity contribution in [1.82, 2.24) is 26.3 Å². The van der Waals surface area contributed by atoms with Gasteiger partial charge in [-0.05, 0) is 96.8 Å². The number of halogens is 2. The minimum atomic E-state index is -1.98. The van der Waals surface area contributed by atoms with Crippen LogP contribution in [0.2, 0.25) is 5.02 Å². The standard InChI is InChI=1S/C56H75BrClN9O17/c1-29(2)49(64-43(68)16-9-10-17-47(72)84-67-44(69)20-21-45(67)70)52(75)62-37(14-12-22-60-53(59)76)51(74)61-34-18-19-36(35(57)26-34)63-54(77)82-39-27-46(71)66(6)38-24-33(25-40(80-7)48(38)58)23-30(3)13-11-15-42(81-8)56(79)28-41(83-55(78)65-56)32(5)50(73)31(39)4/h11,13,15,18-19,24-26,29,31-32,37,39,41-42,49-50,73,79H,9-10,12,14,16-17,20-23,27-28H2,1-8H3,(H,61,74)(H,62,75)(H,63,77)(H,64,68)(H,65,78)(H3,59,60,76)/b15-11+,30-13+/t31-,32-,37+,39+,41+,42-,49+,50-,56+/m1/s1. The van der Waals surface area contributed by atoms with E-state index in [0.29, 0.717) is 11.5 Å². The highest BCUT2D eigenvalue weighted by Crippen LogP contribution is 2.38. The Balaban J connectivity index is 1.31. The Kier molecular flexibility index (Phi) is 24.9. The van der Waals surface area contributed by atoms with Crippen LogP contribution in [0.15, 0.2) is 58.6 Å². The van der Waals surface area contributed by atoms with Crippen molar-refractivity contribution in [3.8, 4) is 5.75 Å². The van der Waals surface area contributed by atoms with E-state index in [4.69, 9.17) is 41.1 Å². The van der Waals surface area contributed by atoms with E-state index in [1.807, 2.05) is 6.92 Å². The number of allylic oxidation sites excluding steroid dienone is 3. The summed E-state index contributed by atoms with van der Waals surface area (Å²) in [5, 5.41) is 40.0. The van der Waals surface area contributed by atoms with Gasteiger partial charge in [0.2, 0.25) is 23.6 Å². The van der Waals surface area contributed by atoms with Crippen LogP contribution in [0.5, 0.6) is 5.75 Å². The molecule has 10 amide bonds. The zero-order chi connectivity index (χ0) is 62.2. The molecule has 0 spiro atoms. The van der Waals surface area contributed by atoms with Crippen LogP contribution in [0.25, 0.3) is 0 Å². The van der Waals surface area contributed by atoms with Crippen LogP contribution < -0.4 is 47.3 Å². The van der Waals surface area contributed by atoms with E-state index in [2.05, 4.69) is 47.8 Å². The van der Waals surface area contributed by atoms with Gasteiger partial charge < -0.3 is 65.9 Å². The number of ether oxygens (including phenoxy) is 4. The van der Waals surface area contributed by atoms with Gasteiger partial charge in [0.15, 0.2) is 5.72 Å². The molecule has 3 aliphatic heterocycles. The smallest absolute Gasteiger partial charge is 0.411 e. The van der Waals surface area contributed by atoms with E-state index in [1.165, 1.54) is 44.4 Å². The molecule has 2 aromatic carbocycles. The Morgan fingerprint density at radius 1 is 0.940 bits per heavy atom. The third-order valence-corrected chi connectivity index (χ3v) is 15.5. The van der Waals surface area contributed by atoms with Crippen molar-refractivity contribution in [1.29, 1.82) is 0 Å². The van der Waals surface area contributed by atoms with E-state index in [0.717, 1.165) is 11.1 Å². The monoisotopic (exact) mass is 1260 g/mol. The molecule has 0 aromatic heterocycles. The van der Waals surface area contributed by atoms with Gasteiger partial charge in [-0.1, -0.05) is 63.1 Å². The Labute approximate surface area is 499 Å². The molecular weight excluding hydrogens is 1190 g/mol. The summed E-state index contributed by atoms with van der Waals surface area (Å²) >= 11 is 10.2. The first-order chi connectivity index (χ1) is 39.6. The normalized spacial score (nSPS) is 23.8. The number of hydroxylamine groups is 2. The number of imide groups is 1. The van der Waals surface area contributed by atoms with E-state index in [1.54, 1.807) is 58.1 Å². The number of fused-ring (bicyclic) bond motifs is 4. The molecule has 0 radical (unpaired) electrons. The number of rotatable bonds is 20. The second-order valence-electron chi connectivity index (χ2n) is 21.2. The molecule has 2 fully saturated rings. The van der Waals surface area contributed by atoms with Crippen molar-refractivity contribution < 1.29 is 81.9 Å². The molecule has 26 nitrogen and oxygen atoms in total. The minimum absolute atomic E-state index is 0.00135. The minimum Gasteiger partial charge on any atom is -0.495 e. The average molecular weight is 1260 g/mol. The Hall–Kier alpha value is -7.33. The molecule has 3 aliphatic rings. The van der Waals surface area contributed by atoms with Crippen LogP contribution in [0, 0.1) is 17.8 Å². The number of alkyl carbamates (subject to hydrolysis) is 1. The zero-order valence-electron chi connectivity index (χ0n) is 48.0. The van der Waals surface area contributed by atoms with Crippen molar-refractivity contribution in [2.75, 3.05) is 43.3 Å². The molecule has 2 saturated heterocycles. The molecule has 0 unspecified atom stereocenters. The molecule has 84 heavy (non-hydrogen) atoms. The van der Waals surface area contributed by atoms with Gasteiger partial charge in [0.1, 0.15) is 41.2 Å². The number of nitrogens with two attached hydrogens (primary N) is 1. The summed E-state index contributed by atoms with van der Waals surface area (Å²) in [6.45, 7) is 8.43. The molecule has 3 heterocycles. The molecule has 2 aromatic rings. The highest BCUT2D eigenvalue weighted by Gasteiger charge is 2.49. The van der Waals surface area contributed by atoms with Crippen molar-refractivity contribution in [3.05, 3.63) is 69.2 Å². The van der Waals surface area contributed by atoms with E-state index in [9.17, 15) is 58.2 Å². The predicted octanol–water partition coefficient (Wildman–Crippen LogP) is 5.16. The number of hydrogen-bond donors (Lipinski definition) is 9. The van der Waals surface area contributed by atoms with Crippen molar-refractivity contribution >= 4 is 104 Å². The number of benzene rings is 2. The van der Waals surface area contributed by atoms with Gasteiger partial charge in [0.25, 0.3) is 11.8 Å². The fourth-order valence-corrected chi connectivity index (χ4v) is 10.4. The molecule has 10 N–H and O–H groups in total. The van der Waals surface area contributed by atoms with Crippen LogP contribution in [0.1, 0.15) is 104 Å². The molecule has 0 saturated carbocycles. The Morgan fingerprint density at radius 2 is 1.63 bits per heavy atom. The van der Waals surface area contributed by atoms with Gasteiger partial charge in [-0.2, -0.15) is 0 Å². The number of methoxy groups -OCH3 is 2. The lowest BCUT2D eigenvalue weighted by atomic mass is 9.81. The first-order valence-corrected chi connectivity index (χ1v) is 28.5. The van der Waals surface area contributed by atoms with E-state index < -0.39 is 126 Å². The summed E-state index contributed by atoms with van der Waals surface area (Å²) in [6, 6.07) is 4.63. The first kappa shape index (κ1) is 67.5. The number of unbranched alkanes of at least 4 members (excludes halogenated alkanes) is 1. The molecular formula is C56H75BrClN9O17. The quantitative estimate of drug-likeness (QED) is 0.0611. The fourth-order valence-electron chi connectivity index (χ4n) is 9.58. The van der Waals surface area contributed by atoms with Gasteiger partial charge in [0, 0.05) is 74.8 Å². The van der Waals surface area contributed by atoms with Gasteiger partial charge in [-0.3, -0.25) is 39.4 Å². The number of carbonyl (C=O) groups is 10. The molecule has 0 aliphatic carbocycles. The highest BCUT2D eigenvalue weighted by atomic mass is 79.9. The summed E-state index contributed by atoms with van der Waals surface area (Å²) in [4.78, 5) is 135. The maximum Gasteiger partial charge on any atom is 0.411 e. The summed E-state index contributed by atoms with van der Waals surface area (Å²) in [7, 11) is 4.29. The van der Waals surface area contributed by atoms with Crippen LogP contribution in [0.4, 0.5) is 31.4 Å². The summed E-state index contributed by atoms with van der Waals surface area (Å²) in [5.41, 5.74) is 5.43. The van der Waals surface area contributed by atoms with Crippen LogP contribution in [0.3, 0.4) is 0 Å². The maximum absolute atomic E-state index is 14.3. The average Bonchev–Trinajstić information content (AvgIpc) is 3.69. The Morgan fingerprint density at radius 3 is 2.27 bits per heavy atom. The highest BCUT2D eigenvalue weighted by molar-refractivity contribution is 9.10. The SMILES string of the molecule is COc1cc2cc(c1Cl)N(C)C(=O)C[C@H](OC(=O)Nc1ccc(NC(=O)[C@H](CCCNC(N)=O)NC(=O)[C@@H](NC(=O)CCCCC(=O)ON3C(=O)CCC3=O)C(C)C)cc1Br)[C@@H](C)[C@@H](O)[C@H](C)[C@@H]1C[C@@](O)(NC(=O)O1)[C@H](OC)/C=C/C=C(\C)C2. The van der Waals surface area contributed by atoms with Crippen molar-refractivity contribution in [2.24, 2.45) is 23.5 Å². The number of carbonyl (C=O) groups excluding carboxylic acids is 10. The number of primary amides is 1. The van der Waals surface area contributed by atoms with Crippen molar-refractivity contribution in [3.63, 3.8) is 0 Å². The van der Waals surface area contributed by atoms with Crippen LogP contribution in [-0.2, 0) is 59.0 Å². The molecule has 9 atom stereocenters. The van der Waals surface area contributed by atoms with Gasteiger partial charge in [-0.25, -0.2) is 19.2 Å². The number of aliphatic hydroxyl groups excluding tert-OH is 1. The lowest BCUT2D eigenvalue weighted by Gasteiger charge is -2.43. The van der Waals surface area contributed by atoms with Gasteiger partial charge in [-0.15, -0.1) is 5.06 Å². The Bertz CT molecular complexity index is 2840. The number of urea groups is 1. The number of aliphatic hydroxyl groups is 2. The number of amides is 10. The van der Waals surface area contributed by atoms with Crippen LogP contribution in [-0.4, -0.2) is 145 Å². The van der Waals surface area contributed by atoms with Crippen LogP contribution >= 0.6 is 27.5 Å². The lowest BCUT2D eigenvalue weighted by molar-refractivity contribution is -0.197. The zero-order valence-corrected chi connectivity index (χ0v) is 50.4. The van der Waals surface area contributed by atoms with Gasteiger partial charge in [0.05, 0.1) is 31.0 Å². The predicted molar refractivity (Wildman–Crippen MR) is 309 cm³/mol. The number of nitrogens with one attached hydrogen (secondary N) is 6.